The van der Waals surface area contributed by atoms with Crippen LogP contribution in [0.2, 0.25) is 0 Å². The minimum atomic E-state index is 0.685. The maximum absolute atomic E-state index is 4.28. The van der Waals surface area contributed by atoms with E-state index in [0.29, 0.717) is 6.04 Å². The van der Waals surface area contributed by atoms with Crippen LogP contribution in [0, 0.1) is 0 Å². The average Bonchev–Trinajstić information content (AvgIpc) is 2.60. The molecule has 0 radical (unpaired) electrons. The van der Waals surface area contributed by atoms with Crippen LogP contribution >= 0.6 is 0 Å². The van der Waals surface area contributed by atoms with Gasteiger partial charge in [-0.05, 0) is 19.8 Å². The van der Waals surface area contributed by atoms with E-state index in [-0.39, 0.29) is 0 Å². The highest BCUT2D eigenvalue weighted by Gasteiger charge is 2.12. The van der Waals surface area contributed by atoms with E-state index >= 15 is 0 Å². The van der Waals surface area contributed by atoms with Gasteiger partial charge >= 0.3 is 0 Å². The Bertz CT molecular complexity index is 300. The molecule has 0 spiro atoms. The molecule has 4 heteroatoms. The zero-order valence-corrected chi connectivity index (χ0v) is 10.2. The molecule has 2 rings (SSSR count). The molecule has 0 aromatic carbocycles. The lowest BCUT2D eigenvalue weighted by Crippen LogP contribution is -2.29. The van der Waals surface area contributed by atoms with Crippen molar-refractivity contribution in [2.24, 2.45) is 0 Å². The Hall–Kier alpha value is -0.900. The fourth-order valence-corrected chi connectivity index (χ4v) is 2.41. The van der Waals surface area contributed by atoms with Gasteiger partial charge in [-0.25, -0.2) is 9.67 Å². The van der Waals surface area contributed by atoms with Gasteiger partial charge in [0, 0.05) is 12.6 Å². The second-order valence-electron chi connectivity index (χ2n) is 4.56. The second kappa shape index (κ2) is 5.99. The molecule has 16 heavy (non-hydrogen) atoms. The van der Waals surface area contributed by atoms with Gasteiger partial charge in [-0.1, -0.05) is 25.7 Å². The van der Waals surface area contributed by atoms with Crippen LogP contribution in [0.5, 0.6) is 0 Å². The Morgan fingerprint density at radius 3 is 2.75 bits per heavy atom. The normalized spacial score (nSPS) is 18.6. The maximum atomic E-state index is 4.28. The number of aryl methyl sites for hydroxylation is 1. The number of aromatic nitrogens is 3. The number of rotatable bonds is 4. The summed E-state index contributed by atoms with van der Waals surface area (Å²) in [5.74, 6) is 1.06. The molecule has 0 bridgehead atoms. The third-order valence-electron chi connectivity index (χ3n) is 3.40. The van der Waals surface area contributed by atoms with E-state index in [2.05, 4.69) is 22.3 Å². The quantitative estimate of drug-likeness (QED) is 0.793. The van der Waals surface area contributed by atoms with Crippen molar-refractivity contribution in [1.82, 2.24) is 20.1 Å². The highest BCUT2D eigenvalue weighted by Crippen LogP contribution is 2.17. The molecule has 1 aromatic rings. The van der Waals surface area contributed by atoms with Gasteiger partial charge in [0.1, 0.15) is 12.2 Å². The van der Waals surface area contributed by atoms with Gasteiger partial charge in [0.2, 0.25) is 0 Å². The molecule has 1 aliphatic carbocycles. The van der Waals surface area contributed by atoms with Crippen molar-refractivity contribution in [2.45, 2.75) is 64.6 Å². The van der Waals surface area contributed by atoms with E-state index in [1.165, 1.54) is 38.5 Å². The molecule has 1 aliphatic rings. The molecule has 1 N–H and O–H groups in total. The second-order valence-corrected chi connectivity index (χ2v) is 4.56. The van der Waals surface area contributed by atoms with Gasteiger partial charge in [-0.15, -0.1) is 0 Å². The van der Waals surface area contributed by atoms with Crippen molar-refractivity contribution in [1.29, 1.82) is 0 Å². The van der Waals surface area contributed by atoms with Gasteiger partial charge in [-0.3, -0.25) is 0 Å². The van der Waals surface area contributed by atoms with E-state index in [0.717, 1.165) is 18.9 Å². The van der Waals surface area contributed by atoms with Gasteiger partial charge in [0.25, 0.3) is 0 Å². The fraction of sp³-hybridized carbons (Fsp3) is 0.833. The summed E-state index contributed by atoms with van der Waals surface area (Å²) >= 11 is 0. The summed E-state index contributed by atoms with van der Waals surface area (Å²) in [4.78, 5) is 4.28. The average molecular weight is 222 g/mol. The first-order valence-corrected chi connectivity index (χ1v) is 6.50. The van der Waals surface area contributed by atoms with Crippen molar-refractivity contribution in [2.75, 3.05) is 0 Å². The van der Waals surface area contributed by atoms with Crippen molar-refractivity contribution in [3.8, 4) is 0 Å². The van der Waals surface area contributed by atoms with Crippen LogP contribution in [-0.2, 0) is 13.1 Å². The zero-order valence-electron chi connectivity index (χ0n) is 10.2. The Morgan fingerprint density at radius 2 is 2.06 bits per heavy atom. The highest BCUT2D eigenvalue weighted by atomic mass is 15.3. The number of nitrogens with zero attached hydrogens (tertiary/aromatic N) is 3. The van der Waals surface area contributed by atoms with Crippen LogP contribution in [0.25, 0.3) is 0 Å². The smallest absolute Gasteiger partial charge is 0.140 e. The van der Waals surface area contributed by atoms with Crippen LogP contribution in [0.4, 0.5) is 0 Å². The van der Waals surface area contributed by atoms with Crippen molar-refractivity contribution in [3.05, 3.63) is 12.2 Å². The van der Waals surface area contributed by atoms with Crippen LogP contribution in [0.1, 0.15) is 51.3 Å². The number of nitrogens with one attached hydrogen (secondary N) is 1. The van der Waals surface area contributed by atoms with E-state index in [4.69, 9.17) is 0 Å². The SMILES string of the molecule is CCn1ncnc1CNC1CCCCCC1. The van der Waals surface area contributed by atoms with Crippen LogP contribution in [0.3, 0.4) is 0 Å². The van der Waals surface area contributed by atoms with Crippen molar-refractivity contribution in [3.63, 3.8) is 0 Å². The third kappa shape index (κ3) is 3.04. The topological polar surface area (TPSA) is 42.7 Å². The molecule has 1 fully saturated rings. The lowest BCUT2D eigenvalue weighted by atomic mass is 10.1. The van der Waals surface area contributed by atoms with Crippen molar-refractivity contribution < 1.29 is 0 Å². The first-order chi connectivity index (χ1) is 7.90. The summed E-state index contributed by atoms with van der Waals surface area (Å²) in [5.41, 5.74) is 0. The van der Waals surface area contributed by atoms with Crippen LogP contribution in [0.15, 0.2) is 6.33 Å². The third-order valence-corrected chi connectivity index (χ3v) is 3.40. The Labute approximate surface area is 97.5 Å². The van der Waals surface area contributed by atoms with Crippen LogP contribution in [-0.4, -0.2) is 20.8 Å². The summed E-state index contributed by atoms with van der Waals surface area (Å²) in [6.07, 6.45) is 9.84. The summed E-state index contributed by atoms with van der Waals surface area (Å²) in [7, 11) is 0. The molecule has 4 nitrogen and oxygen atoms in total. The number of hydrogen-bond donors (Lipinski definition) is 1. The highest BCUT2D eigenvalue weighted by molar-refractivity contribution is 4.85. The fourth-order valence-electron chi connectivity index (χ4n) is 2.41. The van der Waals surface area contributed by atoms with Gasteiger partial charge in [-0.2, -0.15) is 5.10 Å². The summed E-state index contributed by atoms with van der Waals surface area (Å²) < 4.78 is 1.96. The van der Waals surface area contributed by atoms with Gasteiger partial charge in [0.15, 0.2) is 0 Å². The Kier molecular flexibility index (Phi) is 4.34. The van der Waals surface area contributed by atoms with Crippen molar-refractivity contribution >= 4 is 0 Å². The molecular formula is C12H22N4. The van der Waals surface area contributed by atoms with E-state index in [1.54, 1.807) is 6.33 Å². The van der Waals surface area contributed by atoms with Gasteiger partial charge < -0.3 is 5.32 Å². The Balaban J connectivity index is 1.81. The molecule has 1 heterocycles. The minimum Gasteiger partial charge on any atom is -0.307 e. The molecule has 90 valence electrons. The molecular weight excluding hydrogens is 200 g/mol. The van der Waals surface area contributed by atoms with E-state index < -0.39 is 0 Å². The largest absolute Gasteiger partial charge is 0.307 e. The first kappa shape index (κ1) is 11.6. The van der Waals surface area contributed by atoms with E-state index in [9.17, 15) is 0 Å². The molecule has 1 aromatic heterocycles. The summed E-state index contributed by atoms with van der Waals surface area (Å²) in [6.45, 7) is 3.87. The van der Waals surface area contributed by atoms with Gasteiger partial charge in [0.05, 0.1) is 6.54 Å². The lowest BCUT2D eigenvalue weighted by Gasteiger charge is -2.15. The molecule has 0 saturated heterocycles. The lowest BCUT2D eigenvalue weighted by molar-refractivity contribution is 0.442. The van der Waals surface area contributed by atoms with E-state index in [1.807, 2.05) is 4.68 Å². The predicted molar refractivity (Wildman–Crippen MR) is 64.0 cm³/mol. The predicted octanol–water partition coefficient (Wildman–Crippen LogP) is 2.11. The zero-order chi connectivity index (χ0) is 11.2. The minimum absolute atomic E-state index is 0.685. The maximum Gasteiger partial charge on any atom is 0.140 e. The molecule has 0 atom stereocenters. The molecule has 0 amide bonds. The standard InChI is InChI=1S/C12H22N4/c1-2-16-12(14-10-15-16)9-13-11-7-5-3-4-6-8-11/h10-11,13H,2-9H2,1H3. The summed E-state index contributed by atoms with van der Waals surface area (Å²) in [5, 5.41) is 7.80. The molecule has 0 unspecified atom stereocenters. The molecule has 1 saturated carbocycles. The molecule has 0 aliphatic heterocycles. The first-order valence-electron chi connectivity index (χ1n) is 6.50. The summed E-state index contributed by atoms with van der Waals surface area (Å²) in [6, 6.07) is 0.685. The Morgan fingerprint density at radius 1 is 1.31 bits per heavy atom. The monoisotopic (exact) mass is 222 g/mol. The van der Waals surface area contributed by atoms with Crippen LogP contribution < -0.4 is 5.32 Å². The number of hydrogen-bond acceptors (Lipinski definition) is 3.